The van der Waals surface area contributed by atoms with Crippen molar-refractivity contribution >= 4 is 17.2 Å². The minimum atomic E-state index is -0.450. The van der Waals surface area contributed by atoms with E-state index >= 15 is 0 Å². The third-order valence-corrected chi connectivity index (χ3v) is 4.95. The highest BCUT2D eigenvalue weighted by Crippen LogP contribution is 2.28. The molecule has 0 saturated carbocycles. The van der Waals surface area contributed by atoms with Crippen LogP contribution in [0.3, 0.4) is 0 Å². The Morgan fingerprint density at radius 2 is 2.16 bits per heavy atom. The van der Waals surface area contributed by atoms with Crippen molar-refractivity contribution in [2.75, 3.05) is 0 Å². The van der Waals surface area contributed by atoms with Gasteiger partial charge in [-0.15, -0.1) is 11.3 Å². The maximum Gasteiger partial charge on any atom is 0.250 e. The second-order valence-electron chi connectivity index (χ2n) is 5.93. The van der Waals surface area contributed by atoms with E-state index in [1.165, 1.54) is 16.9 Å². The molecule has 0 unspecified atom stereocenters. The molecule has 6 heteroatoms. The highest BCUT2D eigenvalue weighted by Gasteiger charge is 2.18. The Hall–Kier alpha value is -2.91. The molecule has 0 atom stereocenters. The summed E-state index contributed by atoms with van der Waals surface area (Å²) in [6, 6.07) is 12.2. The van der Waals surface area contributed by atoms with Crippen molar-refractivity contribution in [2.24, 2.45) is 5.73 Å². The molecule has 5 nitrogen and oxygen atoms in total. The topological polar surface area (TPSA) is 84.7 Å². The van der Waals surface area contributed by atoms with E-state index in [0.29, 0.717) is 12.1 Å². The summed E-state index contributed by atoms with van der Waals surface area (Å²) in [6.07, 6.45) is 0.283. The van der Waals surface area contributed by atoms with Crippen LogP contribution in [0.4, 0.5) is 0 Å². The van der Waals surface area contributed by atoms with Gasteiger partial charge >= 0.3 is 0 Å². The Kier molecular flexibility index (Phi) is 4.68. The van der Waals surface area contributed by atoms with Crippen LogP contribution in [0.25, 0.3) is 11.4 Å². The molecule has 2 aromatic heterocycles. The lowest BCUT2D eigenvalue weighted by atomic mass is 10.1. The largest absolute Gasteiger partial charge is 0.366 e. The molecule has 0 bridgehead atoms. The van der Waals surface area contributed by atoms with Gasteiger partial charge in [-0.2, -0.15) is 5.26 Å². The number of hydrogen-bond acceptors (Lipinski definition) is 4. The van der Waals surface area contributed by atoms with Crippen molar-refractivity contribution in [3.8, 4) is 17.5 Å². The lowest BCUT2D eigenvalue weighted by molar-refractivity contribution is 0.0999. The number of nitriles is 1. The summed E-state index contributed by atoms with van der Waals surface area (Å²) in [5, 5.41) is 11.5. The molecule has 0 aliphatic heterocycles. The van der Waals surface area contributed by atoms with Gasteiger partial charge in [0.05, 0.1) is 29.4 Å². The molecule has 3 aromatic rings. The summed E-state index contributed by atoms with van der Waals surface area (Å²) in [4.78, 5) is 16.3. The van der Waals surface area contributed by atoms with Gasteiger partial charge in [0.2, 0.25) is 0 Å². The van der Waals surface area contributed by atoms with Crippen molar-refractivity contribution in [1.82, 2.24) is 9.55 Å². The predicted octanol–water partition coefficient (Wildman–Crippen LogP) is 3.44. The van der Waals surface area contributed by atoms with Crippen molar-refractivity contribution in [3.05, 3.63) is 63.1 Å². The van der Waals surface area contributed by atoms with Gasteiger partial charge in [-0.25, -0.2) is 4.98 Å². The molecule has 0 saturated heterocycles. The maximum atomic E-state index is 11.8. The molecule has 0 fully saturated rings. The number of aromatic nitrogens is 2. The summed E-state index contributed by atoms with van der Waals surface area (Å²) in [5.41, 5.74) is 10.8. The first kappa shape index (κ1) is 16.9. The number of hydrogen-bond donors (Lipinski definition) is 1. The number of rotatable bonds is 5. The molecule has 25 heavy (non-hydrogen) atoms. The van der Waals surface area contributed by atoms with E-state index in [0.717, 1.165) is 27.7 Å². The number of thiazole rings is 1. The summed E-state index contributed by atoms with van der Waals surface area (Å²) >= 11 is 1.45. The predicted molar refractivity (Wildman–Crippen MR) is 98.4 cm³/mol. The molecule has 0 spiro atoms. The minimum Gasteiger partial charge on any atom is -0.366 e. The van der Waals surface area contributed by atoms with Crippen LogP contribution in [0, 0.1) is 25.2 Å². The third kappa shape index (κ3) is 3.47. The first-order valence-corrected chi connectivity index (χ1v) is 8.74. The number of carbonyl (C=O) groups is 1. The lowest BCUT2D eigenvalue weighted by Crippen LogP contribution is -2.12. The number of aryl methyl sites for hydroxylation is 1. The van der Waals surface area contributed by atoms with Crippen LogP contribution in [0.15, 0.2) is 35.7 Å². The van der Waals surface area contributed by atoms with Crippen molar-refractivity contribution in [3.63, 3.8) is 0 Å². The molecular weight excluding hydrogens is 332 g/mol. The Morgan fingerprint density at radius 3 is 2.84 bits per heavy atom. The quantitative estimate of drug-likeness (QED) is 0.765. The van der Waals surface area contributed by atoms with Gasteiger partial charge in [0.15, 0.2) is 0 Å². The standard InChI is InChI=1S/C19H18N4OS/c1-12-4-3-5-14(8-12)10-23-13(2)15(19(21)24)9-17(23)16-11-25-18(22-16)6-7-20/h3-5,8-9,11H,6,10H2,1-2H3,(H2,21,24). The van der Waals surface area contributed by atoms with Crippen LogP contribution < -0.4 is 5.73 Å². The van der Waals surface area contributed by atoms with Crippen LogP contribution in [0.5, 0.6) is 0 Å². The van der Waals surface area contributed by atoms with Gasteiger partial charge in [-0.3, -0.25) is 4.79 Å². The SMILES string of the molecule is Cc1cccc(Cn2c(-c3csc(CC#N)n3)cc(C(N)=O)c2C)c1. The Labute approximate surface area is 150 Å². The van der Waals surface area contributed by atoms with Gasteiger partial charge < -0.3 is 10.3 Å². The van der Waals surface area contributed by atoms with E-state index in [4.69, 9.17) is 11.0 Å². The van der Waals surface area contributed by atoms with Crippen LogP contribution in [-0.4, -0.2) is 15.5 Å². The van der Waals surface area contributed by atoms with E-state index in [9.17, 15) is 4.79 Å². The maximum absolute atomic E-state index is 11.8. The molecule has 2 heterocycles. The molecule has 126 valence electrons. The molecule has 1 aromatic carbocycles. The van der Waals surface area contributed by atoms with E-state index in [1.807, 2.05) is 18.4 Å². The number of nitrogens with zero attached hydrogens (tertiary/aromatic N) is 3. The van der Waals surface area contributed by atoms with Crippen molar-refractivity contribution < 1.29 is 4.79 Å². The number of amides is 1. The van der Waals surface area contributed by atoms with Gasteiger partial charge in [-0.1, -0.05) is 29.8 Å². The zero-order valence-electron chi connectivity index (χ0n) is 14.1. The number of primary amides is 1. The van der Waals surface area contributed by atoms with Gasteiger partial charge in [-0.05, 0) is 25.5 Å². The van der Waals surface area contributed by atoms with E-state index in [1.54, 1.807) is 6.07 Å². The summed E-state index contributed by atoms with van der Waals surface area (Å²) in [6.45, 7) is 4.57. The van der Waals surface area contributed by atoms with Crippen molar-refractivity contribution in [1.29, 1.82) is 5.26 Å². The third-order valence-electron chi connectivity index (χ3n) is 4.10. The van der Waals surface area contributed by atoms with Crippen LogP contribution in [0.2, 0.25) is 0 Å². The van der Waals surface area contributed by atoms with Gasteiger partial charge in [0.25, 0.3) is 5.91 Å². The average Bonchev–Trinajstić information content (AvgIpc) is 3.14. The molecule has 0 aliphatic carbocycles. The summed E-state index contributed by atoms with van der Waals surface area (Å²) in [5.74, 6) is -0.450. The highest BCUT2D eigenvalue weighted by molar-refractivity contribution is 7.10. The molecule has 1 amide bonds. The Bertz CT molecular complexity index is 978. The van der Waals surface area contributed by atoms with E-state index in [2.05, 4.69) is 40.7 Å². The van der Waals surface area contributed by atoms with Gasteiger partial charge in [0.1, 0.15) is 5.01 Å². The minimum absolute atomic E-state index is 0.283. The molecule has 3 rings (SSSR count). The number of benzene rings is 1. The normalized spacial score (nSPS) is 10.6. The zero-order chi connectivity index (χ0) is 18.0. The Morgan fingerprint density at radius 1 is 1.36 bits per heavy atom. The molecule has 2 N–H and O–H groups in total. The fourth-order valence-corrected chi connectivity index (χ4v) is 3.60. The van der Waals surface area contributed by atoms with E-state index < -0.39 is 5.91 Å². The summed E-state index contributed by atoms with van der Waals surface area (Å²) in [7, 11) is 0. The van der Waals surface area contributed by atoms with Crippen LogP contribution in [-0.2, 0) is 13.0 Å². The van der Waals surface area contributed by atoms with Crippen molar-refractivity contribution in [2.45, 2.75) is 26.8 Å². The number of nitrogens with two attached hydrogens (primary N) is 1. The summed E-state index contributed by atoms with van der Waals surface area (Å²) < 4.78 is 2.06. The second kappa shape index (κ2) is 6.91. The number of carbonyl (C=O) groups excluding carboxylic acids is 1. The second-order valence-corrected chi connectivity index (χ2v) is 6.87. The first-order chi connectivity index (χ1) is 12.0. The smallest absolute Gasteiger partial charge is 0.250 e. The molecular formula is C19H18N4OS. The van der Waals surface area contributed by atoms with Crippen LogP contribution >= 0.6 is 11.3 Å². The average molecular weight is 350 g/mol. The zero-order valence-corrected chi connectivity index (χ0v) is 14.9. The van der Waals surface area contributed by atoms with E-state index in [-0.39, 0.29) is 6.42 Å². The first-order valence-electron chi connectivity index (χ1n) is 7.86. The fourth-order valence-electron chi connectivity index (χ4n) is 2.88. The molecule has 0 aliphatic rings. The Balaban J connectivity index is 2.08. The highest BCUT2D eigenvalue weighted by atomic mass is 32.1. The monoisotopic (exact) mass is 350 g/mol. The fraction of sp³-hybridized carbons (Fsp3) is 0.211. The van der Waals surface area contributed by atoms with Gasteiger partial charge in [0, 0.05) is 17.6 Å². The molecule has 0 radical (unpaired) electrons. The lowest BCUT2D eigenvalue weighted by Gasteiger charge is -2.11. The van der Waals surface area contributed by atoms with Crippen LogP contribution in [0.1, 0.15) is 32.2 Å².